The number of hydrogen-bond donors (Lipinski definition) is 2. The van der Waals surface area contributed by atoms with Crippen molar-refractivity contribution in [3.63, 3.8) is 0 Å². The maximum Gasteiger partial charge on any atom is 0.115 e. The molecule has 0 saturated carbocycles. The molecule has 0 amide bonds. The third-order valence-corrected chi connectivity index (χ3v) is 3.54. The Kier molecular flexibility index (Phi) is 4.47. The highest BCUT2D eigenvalue weighted by Gasteiger charge is 2.09. The second kappa shape index (κ2) is 6.09. The summed E-state index contributed by atoms with van der Waals surface area (Å²) in [6.07, 6.45) is 0.996. The number of rotatable bonds is 4. The first kappa shape index (κ1) is 13.2. The molecule has 2 aromatic rings. The van der Waals surface area contributed by atoms with Crippen LogP contribution in [0.5, 0.6) is 5.75 Å². The SMILES string of the molecule is CCC(Nc1cccc(I)c1)c1ccc(O)cc1. The van der Waals surface area contributed by atoms with E-state index in [1.807, 2.05) is 18.2 Å². The molecule has 0 bridgehead atoms. The molecule has 0 radical (unpaired) electrons. The summed E-state index contributed by atoms with van der Waals surface area (Å²) < 4.78 is 1.22. The first-order chi connectivity index (χ1) is 8.69. The zero-order valence-electron chi connectivity index (χ0n) is 10.2. The van der Waals surface area contributed by atoms with Crippen LogP contribution in [-0.2, 0) is 0 Å². The van der Waals surface area contributed by atoms with Gasteiger partial charge in [0.25, 0.3) is 0 Å². The second-order valence-electron chi connectivity index (χ2n) is 4.21. The Labute approximate surface area is 121 Å². The van der Waals surface area contributed by atoms with E-state index < -0.39 is 0 Å². The lowest BCUT2D eigenvalue weighted by atomic mass is 10.0. The van der Waals surface area contributed by atoms with E-state index in [-0.39, 0.29) is 6.04 Å². The summed E-state index contributed by atoms with van der Waals surface area (Å²) in [6, 6.07) is 16.0. The lowest BCUT2D eigenvalue weighted by molar-refractivity contribution is 0.475. The lowest BCUT2D eigenvalue weighted by Gasteiger charge is -2.19. The fraction of sp³-hybridized carbons (Fsp3) is 0.200. The van der Waals surface area contributed by atoms with Crippen molar-refractivity contribution in [2.75, 3.05) is 5.32 Å². The van der Waals surface area contributed by atoms with Gasteiger partial charge in [0.2, 0.25) is 0 Å². The van der Waals surface area contributed by atoms with E-state index in [2.05, 4.69) is 53.0 Å². The van der Waals surface area contributed by atoms with E-state index in [1.165, 1.54) is 9.13 Å². The van der Waals surface area contributed by atoms with Gasteiger partial charge in [-0.25, -0.2) is 0 Å². The van der Waals surface area contributed by atoms with Gasteiger partial charge in [-0.3, -0.25) is 0 Å². The molecule has 0 aliphatic rings. The van der Waals surface area contributed by atoms with Crippen LogP contribution in [0.25, 0.3) is 0 Å². The van der Waals surface area contributed by atoms with Gasteiger partial charge in [-0.2, -0.15) is 0 Å². The fourth-order valence-electron chi connectivity index (χ4n) is 1.91. The van der Waals surface area contributed by atoms with Crippen molar-refractivity contribution in [3.05, 3.63) is 57.7 Å². The van der Waals surface area contributed by atoms with Crippen LogP contribution in [-0.4, -0.2) is 5.11 Å². The van der Waals surface area contributed by atoms with Gasteiger partial charge in [-0.05, 0) is 64.9 Å². The van der Waals surface area contributed by atoms with Crippen LogP contribution in [0.2, 0.25) is 0 Å². The van der Waals surface area contributed by atoms with Crippen LogP contribution < -0.4 is 5.32 Å². The van der Waals surface area contributed by atoms with Crippen molar-refractivity contribution in [2.24, 2.45) is 0 Å². The van der Waals surface area contributed by atoms with Crippen LogP contribution in [0.15, 0.2) is 48.5 Å². The largest absolute Gasteiger partial charge is 0.508 e. The Morgan fingerprint density at radius 3 is 2.50 bits per heavy atom. The number of nitrogens with one attached hydrogen (secondary N) is 1. The van der Waals surface area contributed by atoms with E-state index in [0.29, 0.717) is 5.75 Å². The first-order valence-electron chi connectivity index (χ1n) is 6.00. The van der Waals surface area contributed by atoms with Crippen LogP contribution >= 0.6 is 22.6 Å². The Morgan fingerprint density at radius 2 is 1.89 bits per heavy atom. The third kappa shape index (κ3) is 3.38. The maximum atomic E-state index is 9.32. The highest BCUT2D eigenvalue weighted by Crippen LogP contribution is 2.24. The number of phenols is 1. The Morgan fingerprint density at radius 1 is 1.17 bits per heavy atom. The normalized spacial score (nSPS) is 12.1. The molecule has 1 unspecified atom stereocenters. The van der Waals surface area contributed by atoms with Gasteiger partial charge >= 0.3 is 0 Å². The molecule has 0 heterocycles. The Hall–Kier alpha value is -1.23. The van der Waals surface area contributed by atoms with Crippen LogP contribution in [0, 0.1) is 3.57 Å². The molecule has 0 spiro atoms. The van der Waals surface area contributed by atoms with Crippen molar-refractivity contribution < 1.29 is 5.11 Å². The Balaban J connectivity index is 2.17. The van der Waals surface area contributed by atoms with E-state index in [1.54, 1.807) is 12.1 Å². The predicted molar refractivity (Wildman–Crippen MR) is 83.9 cm³/mol. The molecular formula is C15H16INO. The van der Waals surface area contributed by atoms with Crippen LogP contribution in [0.4, 0.5) is 5.69 Å². The van der Waals surface area contributed by atoms with Gasteiger partial charge in [-0.1, -0.05) is 25.1 Å². The number of phenolic OH excluding ortho intramolecular Hbond substituents is 1. The molecule has 0 aromatic heterocycles. The smallest absolute Gasteiger partial charge is 0.115 e. The van der Waals surface area contributed by atoms with Crippen molar-refractivity contribution in [1.29, 1.82) is 0 Å². The van der Waals surface area contributed by atoms with Gasteiger partial charge in [0.1, 0.15) is 5.75 Å². The summed E-state index contributed by atoms with van der Waals surface area (Å²) >= 11 is 2.31. The average Bonchev–Trinajstić information content (AvgIpc) is 2.37. The van der Waals surface area contributed by atoms with Gasteiger partial charge in [0.05, 0.1) is 6.04 Å². The van der Waals surface area contributed by atoms with Crippen molar-refractivity contribution in [3.8, 4) is 5.75 Å². The van der Waals surface area contributed by atoms with Gasteiger partial charge in [-0.15, -0.1) is 0 Å². The average molecular weight is 353 g/mol. The number of anilines is 1. The lowest BCUT2D eigenvalue weighted by Crippen LogP contribution is -2.09. The summed E-state index contributed by atoms with van der Waals surface area (Å²) in [5.41, 5.74) is 2.32. The maximum absolute atomic E-state index is 9.32. The minimum Gasteiger partial charge on any atom is -0.508 e. The molecule has 1 atom stereocenters. The van der Waals surface area contributed by atoms with Gasteiger partial charge in [0, 0.05) is 9.26 Å². The van der Waals surface area contributed by atoms with Crippen LogP contribution in [0.3, 0.4) is 0 Å². The van der Waals surface area contributed by atoms with Crippen molar-refractivity contribution >= 4 is 28.3 Å². The molecule has 2 nitrogen and oxygen atoms in total. The molecule has 0 aliphatic carbocycles. The molecule has 3 heteroatoms. The zero-order valence-corrected chi connectivity index (χ0v) is 12.4. The molecule has 0 fully saturated rings. The summed E-state index contributed by atoms with van der Waals surface area (Å²) in [7, 11) is 0. The van der Waals surface area contributed by atoms with Crippen molar-refractivity contribution in [1.82, 2.24) is 0 Å². The molecule has 94 valence electrons. The predicted octanol–water partition coefficient (Wildman–Crippen LogP) is 4.56. The first-order valence-corrected chi connectivity index (χ1v) is 7.08. The molecule has 2 rings (SSSR count). The minimum atomic E-state index is 0.267. The fourth-order valence-corrected chi connectivity index (χ4v) is 2.45. The molecule has 18 heavy (non-hydrogen) atoms. The van der Waals surface area contributed by atoms with E-state index in [4.69, 9.17) is 0 Å². The zero-order chi connectivity index (χ0) is 13.0. The monoisotopic (exact) mass is 353 g/mol. The van der Waals surface area contributed by atoms with Crippen molar-refractivity contribution in [2.45, 2.75) is 19.4 Å². The van der Waals surface area contributed by atoms with Gasteiger partial charge in [0.15, 0.2) is 0 Å². The van der Waals surface area contributed by atoms with E-state index >= 15 is 0 Å². The summed E-state index contributed by atoms with van der Waals surface area (Å²) in [4.78, 5) is 0. The quantitative estimate of drug-likeness (QED) is 0.790. The summed E-state index contributed by atoms with van der Waals surface area (Å²) in [5, 5.41) is 12.8. The minimum absolute atomic E-state index is 0.267. The topological polar surface area (TPSA) is 32.3 Å². The number of benzene rings is 2. The number of aromatic hydroxyl groups is 1. The molecule has 0 aliphatic heterocycles. The Bertz CT molecular complexity index is 510. The molecule has 2 aromatic carbocycles. The van der Waals surface area contributed by atoms with Gasteiger partial charge < -0.3 is 10.4 Å². The molecule has 2 N–H and O–H groups in total. The standard InChI is InChI=1S/C15H16INO/c1-2-15(11-6-8-14(18)9-7-11)17-13-5-3-4-12(16)10-13/h3-10,15,17-18H,2H2,1H3. The van der Waals surface area contributed by atoms with Crippen LogP contribution in [0.1, 0.15) is 24.9 Å². The summed E-state index contributed by atoms with van der Waals surface area (Å²) in [6.45, 7) is 2.15. The van der Waals surface area contributed by atoms with E-state index in [9.17, 15) is 5.11 Å². The highest BCUT2D eigenvalue weighted by atomic mass is 127. The second-order valence-corrected chi connectivity index (χ2v) is 5.45. The molecular weight excluding hydrogens is 337 g/mol. The number of hydrogen-bond acceptors (Lipinski definition) is 2. The third-order valence-electron chi connectivity index (χ3n) is 2.87. The highest BCUT2D eigenvalue weighted by molar-refractivity contribution is 14.1. The summed E-state index contributed by atoms with van der Waals surface area (Å²) in [5.74, 6) is 0.308. The molecule has 0 saturated heterocycles. The van der Waals surface area contributed by atoms with E-state index in [0.717, 1.165) is 12.1 Å². The number of halogens is 1.